The summed E-state index contributed by atoms with van der Waals surface area (Å²) in [4.78, 5) is 4.49. The fraction of sp³-hybridized carbons (Fsp3) is 0.615. The smallest absolute Gasteiger partial charge is 0.0990 e. The number of nitrogens with two attached hydrogens (primary N) is 1. The van der Waals surface area contributed by atoms with Crippen molar-refractivity contribution in [2.75, 3.05) is 19.5 Å². The summed E-state index contributed by atoms with van der Waals surface area (Å²) in [6.07, 6.45) is 3.86. The minimum Gasteiger partial charge on any atom is -0.384 e. The lowest BCUT2D eigenvalue weighted by Crippen LogP contribution is -2.21. The molecule has 1 heterocycles. The van der Waals surface area contributed by atoms with Crippen LogP contribution in [0.15, 0.2) is 17.3 Å². The van der Waals surface area contributed by atoms with Gasteiger partial charge in [0.2, 0.25) is 0 Å². The molecular weight excluding hydrogens is 232 g/mol. The fourth-order valence-corrected chi connectivity index (χ4v) is 2.41. The van der Waals surface area contributed by atoms with Crippen LogP contribution < -0.4 is 5.73 Å². The first kappa shape index (κ1) is 14.5. The number of pyridine rings is 1. The third-order valence-electron chi connectivity index (χ3n) is 2.64. The molecule has 0 aliphatic carbocycles. The highest BCUT2D eigenvalue weighted by Gasteiger charge is 2.05. The van der Waals surface area contributed by atoms with Gasteiger partial charge in [0.05, 0.1) is 11.6 Å². The van der Waals surface area contributed by atoms with E-state index in [4.69, 9.17) is 10.5 Å². The van der Waals surface area contributed by atoms with Crippen LogP contribution >= 0.6 is 11.8 Å². The summed E-state index contributed by atoms with van der Waals surface area (Å²) >= 11 is 1.74. The Balaban J connectivity index is 2.59. The molecule has 2 N–H and O–H groups in total. The van der Waals surface area contributed by atoms with Gasteiger partial charge in [0.15, 0.2) is 0 Å². The predicted molar refractivity (Wildman–Crippen MR) is 73.5 cm³/mol. The zero-order valence-electron chi connectivity index (χ0n) is 10.9. The maximum absolute atomic E-state index is 5.94. The average molecular weight is 254 g/mol. The van der Waals surface area contributed by atoms with Crippen molar-refractivity contribution < 1.29 is 4.74 Å². The van der Waals surface area contributed by atoms with Gasteiger partial charge >= 0.3 is 0 Å². The predicted octanol–water partition coefficient (Wildman–Crippen LogP) is 2.41. The van der Waals surface area contributed by atoms with Gasteiger partial charge in [0.25, 0.3) is 0 Å². The normalized spacial score (nSPS) is 12.7. The van der Waals surface area contributed by atoms with Crippen molar-refractivity contribution in [1.82, 2.24) is 4.98 Å². The van der Waals surface area contributed by atoms with Crippen molar-refractivity contribution in [3.8, 4) is 0 Å². The van der Waals surface area contributed by atoms with Crippen LogP contribution in [0, 0.1) is 6.92 Å². The maximum atomic E-state index is 5.94. The summed E-state index contributed by atoms with van der Waals surface area (Å²) < 4.78 is 5.03. The van der Waals surface area contributed by atoms with E-state index >= 15 is 0 Å². The van der Waals surface area contributed by atoms with E-state index in [1.54, 1.807) is 18.9 Å². The van der Waals surface area contributed by atoms with E-state index in [1.165, 1.54) is 11.1 Å². The van der Waals surface area contributed by atoms with Crippen molar-refractivity contribution in [3.05, 3.63) is 23.4 Å². The zero-order chi connectivity index (χ0) is 12.7. The summed E-state index contributed by atoms with van der Waals surface area (Å²) in [7, 11) is 1.72. The van der Waals surface area contributed by atoms with E-state index in [0.29, 0.717) is 0 Å². The molecule has 0 fully saturated rings. The molecule has 0 saturated carbocycles. The first-order valence-corrected chi connectivity index (χ1v) is 6.98. The highest BCUT2D eigenvalue weighted by molar-refractivity contribution is 7.99. The molecule has 0 saturated heterocycles. The van der Waals surface area contributed by atoms with Crippen molar-refractivity contribution in [1.29, 1.82) is 0 Å². The lowest BCUT2D eigenvalue weighted by Gasteiger charge is -2.10. The molecule has 1 aromatic heterocycles. The van der Waals surface area contributed by atoms with Gasteiger partial charge in [-0.1, -0.05) is 13.0 Å². The van der Waals surface area contributed by atoms with Gasteiger partial charge in [-0.05, 0) is 30.9 Å². The van der Waals surface area contributed by atoms with Gasteiger partial charge in [-0.25, -0.2) is 4.98 Å². The molecule has 3 nitrogen and oxygen atoms in total. The van der Waals surface area contributed by atoms with Gasteiger partial charge in [0, 0.05) is 25.1 Å². The lowest BCUT2D eigenvalue weighted by atomic mass is 10.1. The number of hydrogen-bond acceptors (Lipinski definition) is 4. The maximum Gasteiger partial charge on any atom is 0.0990 e. The Morgan fingerprint density at radius 3 is 2.88 bits per heavy atom. The second-order valence-electron chi connectivity index (χ2n) is 4.18. The standard InChI is InChI=1S/C13H22N2OS/c1-4-12(14)8-11-7-10(2)13(15-9-11)17-6-5-16-3/h7,9,12H,4-6,8,14H2,1-3H3. The molecule has 0 aliphatic rings. The Labute approximate surface area is 108 Å². The molecule has 1 aromatic rings. The third-order valence-corrected chi connectivity index (χ3v) is 3.71. The molecule has 96 valence electrons. The van der Waals surface area contributed by atoms with E-state index < -0.39 is 0 Å². The van der Waals surface area contributed by atoms with Crippen LogP contribution in [0.2, 0.25) is 0 Å². The second kappa shape index (κ2) is 7.69. The molecule has 0 radical (unpaired) electrons. The van der Waals surface area contributed by atoms with E-state index in [2.05, 4.69) is 24.9 Å². The number of ether oxygens (including phenoxy) is 1. The van der Waals surface area contributed by atoms with E-state index in [1.807, 2.05) is 6.20 Å². The Morgan fingerprint density at radius 2 is 2.29 bits per heavy atom. The molecule has 0 spiro atoms. The zero-order valence-corrected chi connectivity index (χ0v) is 11.7. The Bertz CT molecular complexity index is 344. The number of thioether (sulfide) groups is 1. The molecule has 1 unspecified atom stereocenters. The Hall–Kier alpha value is -0.580. The minimum absolute atomic E-state index is 0.239. The summed E-state index contributed by atoms with van der Waals surface area (Å²) in [6, 6.07) is 2.43. The van der Waals surface area contributed by atoms with Crippen LogP contribution in [-0.4, -0.2) is 30.5 Å². The summed E-state index contributed by atoms with van der Waals surface area (Å²) in [6.45, 7) is 4.97. The largest absolute Gasteiger partial charge is 0.384 e. The van der Waals surface area contributed by atoms with Gasteiger partial charge < -0.3 is 10.5 Å². The Morgan fingerprint density at radius 1 is 1.53 bits per heavy atom. The molecule has 0 amide bonds. The van der Waals surface area contributed by atoms with Crippen molar-refractivity contribution in [3.63, 3.8) is 0 Å². The lowest BCUT2D eigenvalue weighted by molar-refractivity contribution is 0.218. The average Bonchev–Trinajstić information content (AvgIpc) is 2.32. The van der Waals surface area contributed by atoms with E-state index in [9.17, 15) is 0 Å². The van der Waals surface area contributed by atoms with Crippen LogP contribution in [-0.2, 0) is 11.2 Å². The quantitative estimate of drug-likeness (QED) is 0.599. The number of nitrogens with zero attached hydrogens (tertiary/aromatic N) is 1. The van der Waals surface area contributed by atoms with Gasteiger partial charge in [-0.2, -0.15) is 0 Å². The highest BCUT2D eigenvalue weighted by atomic mass is 32.2. The van der Waals surface area contributed by atoms with Gasteiger partial charge in [0.1, 0.15) is 0 Å². The molecule has 4 heteroatoms. The van der Waals surface area contributed by atoms with Crippen molar-refractivity contribution >= 4 is 11.8 Å². The molecule has 17 heavy (non-hydrogen) atoms. The monoisotopic (exact) mass is 254 g/mol. The molecule has 0 bridgehead atoms. The van der Waals surface area contributed by atoms with Crippen LogP contribution in [0.1, 0.15) is 24.5 Å². The van der Waals surface area contributed by atoms with Gasteiger partial charge in [-0.3, -0.25) is 0 Å². The highest BCUT2D eigenvalue weighted by Crippen LogP contribution is 2.20. The fourth-order valence-electron chi connectivity index (χ4n) is 1.55. The molecule has 0 aliphatic heterocycles. The molecule has 1 atom stereocenters. The van der Waals surface area contributed by atoms with Crippen LogP contribution in [0.25, 0.3) is 0 Å². The third kappa shape index (κ3) is 5.06. The molecular formula is C13H22N2OS. The summed E-state index contributed by atoms with van der Waals surface area (Å²) in [5.74, 6) is 0.943. The number of hydrogen-bond donors (Lipinski definition) is 1. The topological polar surface area (TPSA) is 48.1 Å². The van der Waals surface area contributed by atoms with Crippen LogP contribution in [0.5, 0.6) is 0 Å². The number of methoxy groups -OCH3 is 1. The Kier molecular flexibility index (Phi) is 6.55. The summed E-state index contributed by atoms with van der Waals surface area (Å²) in [5.41, 5.74) is 8.40. The molecule has 0 aromatic carbocycles. The van der Waals surface area contributed by atoms with Crippen LogP contribution in [0.3, 0.4) is 0 Å². The summed E-state index contributed by atoms with van der Waals surface area (Å²) in [5, 5.41) is 1.09. The SMILES string of the molecule is CCC(N)Cc1cnc(SCCOC)c(C)c1. The number of aryl methyl sites for hydroxylation is 1. The van der Waals surface area contributed by atoms with Gasteiger partial charge in [-0.15, -0.1) is 11.8 Å². The van der Waals surface area contributed by atoms with Crippen molar-refractivity contribution in [2.24, 2.45) is 5.73 Å². The van der Waals surface area contributed by atoms with E-state index in [-0.39, 0.29) is 6.04 Å². The first-order chi connectivity index (χ1) is 8.17. The first-order valence-electron chi connectivity index (χ1n) is 6.00. The number of rotatable bonds is 7. The second-order valence-corrected chi connectivity index (χ2v) is 5.26. The molecule has 1 rings (SSSR count). The van der Waals surface area contributed by atoms with Crippen molar-refractivity contribution in [2.45, 2.75) is 37.8 Å². The van der Waals surface area contributed by atoms with E-state index in [0.717, 1.165) is 30.2 Å². The number of aromatic nitrogens is 1. The minimum atomic E-state index is 0.239. The van der Waals surface area contributed by atoms with Crippen LogP contribution in [0.4, 0.5) is 0 Å².